The van der Waals surface area contributed by atoms with Crippen LogP contribution in [-0.4, -0.2) is 29.9 Å². The van der Waals surface area contributed by atoms with Gasteiger partial charge in [-0.3, -0.25) is 0 Å². The molecule has 26 heavy (non-hydrogen) atoms. The fourth-order valence-corrected chi connectivity index (χ4v) is 1.88. The molecule has 140 valence electrons. The van der Waals surface area contributed by atoms with Gasteiger partial charge in [-0.15, -0.1) is 0 Å². The van der Waals surface area contributed by atoms with Gasteiger partial charge in [0.15, 0.2) is 0 Å². The molecule has 0 radical (unpaired) electrons. The van der Waals surface area contributed by atoms with Crippen LogP contribution in [0.1, 0.15) is 6.92 Å². The van der Waals surface area contributed by atoms with Gasteiger partial charge in [-0.05, 0) is 6.92 Å². The Morgan fingerprint density at radius 2 is 1.19 bits per heavy atom. The van der Waals surface area contributed by atoms with Crippen molar-refractivity contribution in [1.82, 2.24) is 13.7 Å². The number of aliphatic hydroxyl groups excluding tert-OH is 2. The third-order valence-corrected chi connectivity index (χ3v) is 2.99. The topological polar surface area (TPSA) is 133 Å². The van der Waals surface area contributed by atoms with Crippen LogP contribution in [0.25, 0.3) is 0 Å². The van der Waals surface area contributed by atoms with Gasteiger partial charge in [0.2, 0.25) is 0 Å². The Kier molecular flexibility index (Phi) is 6.31. The van der Waals surface area contributed by atoms with Crippen molar-refractivity contribution in [2.45, 2.75) is 26.6 Å². The summed E-state index contributed by atoms with van der Waals surface area (Å²) in [6.45, 7) is 12.9. The van der Waals surface area contributed by atoms with Crippen LogP contribution in [-0.2, 0) is 29.2 Å². The number of carbonyl (C=O) groups excluding carboxylic acids is 1. The molecule has 0 atom stereocenters. The number of allylic oxidation sites excluding steroid dienone is 3. The third kappa shape index (κ3) is 4.72. The van der Waals surface area contributed by atoms with Gasteiger partial charge in [-0.1, -0.05) is 26.3 Å². The number of ether oxygens (including phenoxy) is 1. The largest absolute Gasteiger partial charge is 0.511 e. The van der Waals surface area contributed by atoms with E-state index in [1.54, 1.807) is 0 Å². The molecule has 0 aromatic carbocycles. The van der Waals surface area contributed by atoms with Crippen LogP contribution in [0, 0.1) is 0 Å². The summed E-state index contributed by atoms with van der Waals surface area (Å²) >= 11 is 0. The fourth-order valence-electron chi connectivity index (χ4n) is 1.88. The van der Waals surface area contributed by atoms with Crippen molar-refractivity contribution < 1.29 is 19.7 Å². The van der Waals surface area contributed by atoms with Crippen LogP contribution in [0.3, 0.4) is 0 Å². The number of esters is 1. The highest BCUT2D eigenvalue weighted by atomic mass is 16.5. The molecule has 0 unspecified atom stereocenters. The SMILES string of the molecule is C=C(O)Cn1c(=O)n(CC(=C)O)c(=O)n(CC(=C)OC(=O)C(=C)C)c1=O. The van der Waals surface area contributed by atoms with Gasteiger partial charge < -0.3 is 14.9 Å². The minimum absolute atomic E-state index is 0.0778. The summed E-state index contributed by atoms with van der Waals surface area (Å²) in [4.78, 5) is 48.6. The number of rotatable bonds is 8. The molecular formula is C16H19N3O7. The van der Waals surface area contributed by atoms with Gasteiger partial charge in [-0.2, -0.15) is 0 Å². The van der Waals surface area contributed by atoms with Crippen molar-refractivity contribution in [3.05, 3.63) is 80.6 Å². The highest BCUT2D eigenvalue weighted by Crippen LogP contribution is 2.01. The van der Waals surface area contributed by atoms with E-state index in [9.17, 15) is 29.4 Å². The molecule has 0 amide bonds. The molecule has 1 rings (SSSR count). The first-order valence-corrected chi connectivity index (χ1v) is 7.19. The van der Waals surface area contributed by atoms with E-state index in [4.69, 9.17) is 4.74 Å². The zero-order chi connectivity index (χ0) is 20.2. The van der Waals surface area contributed by atoms with Gasteiger partial charge in [0, 0.05) is 5.57 Å². The first-order valence-electron chi connectivity index (χ1n) is 7.19. The molecule has 1 aromatic heterocycles. The lowest BCUT2D eigenvalue weighted by atomic mass is 10.3. The van der Waals surface area contributed by atoms with Crippen molar-refractivity contribution in [3.8, 4) is 0 Å². The maximum atomic E-state index is 12.4. The Morgan fingerprint density at radius 3 is 1.50 bits per heavy atom. The second kappa shape index (κ2) is 8.01. The maximum absolute atomic E-state index is 12.4. The molecule has 0 aliphatic rings. The van der Waals surface area contributed by atoms with Crippen LogP contribution in [0.5, 0.6) is 0 Å². The lowest BCUT2D eigenvalue weighted by Crippen LogP contribution is -2.55. The molecule has 0 aliphatic carbocycles. The van der Waals surface area contributed by atoms with E-state index >= 15 is 0 Å². The molecule has 2 N–H and O–H groups in total. The minimum Gasteiger partial charge on any atom is -0.511 e. The average Bonchev–Trinajstić information content (AvgIpc) is 2.51. The average molecular weight is 365 g/mol. The molecule has 1 aromatic rings. The van der Waals surface area contributed by atoms with E-state index in [2.05, 4.69) is 26.3 Å². The van der Waals surface area contributed by atoms with E-state index < -0.39 is 54.2 Å². The summed E-state index contributed by atoms with van der Waals surface area (Å²) in [7, 11) is 0. The van der Waals surface area contributed by atoms with E-state index in [1.807, 2.05) is 0 Å². The van der Waals surface area contributed by atoms with Crippen molar-refractivity contribution >= 4 is 5.97 Å². The molecule has 0 saturated heterocycles. The Labute approximate surface area is 147 Å². The molecule has 0 bridgehead atoms. The van der Waals surface area contributed by atoms with Crippen molar-refractivity contribution in [1.29, 1.82) is 0 Å². The first-order chi connectivity index (χ1) is 12.0. The van der Waals surface area contributed by atoms with Crippen LogP contribution in [0.4, 0.5) is 0 Å². The molecule has 0 fully saturated rings. The summed E-state index contributed by atoms with van der Waals surface area (Å²) in [5, 5.41) is 18.6. The zero-order valence-electron chi connectivity index (χ0n) is 14.2. The van der Waals surface area contributed by atoms with Gasteiger partial charge in [0.25, 0.3) is 0 Å². The summed E-state index contributed by atoms with van der Waals surface area (Å²) in [5.74, 6) is -2.06. The van der Waals surface area contributed by atoms with Crippen LogP contribution < -0.4 is 17.1 Å². The maximum Gasteiger partial charge on any atom is 0.338 e. The second-order valence-electron chi connectivity index (χ2n) is 5.45. The van der Waals surface area contributed by atoms with Crippen LogP contribution in [0.2, 0.25) is 0 Å². The Hall–Kier alpha value is -3.56. The van der Waals surface area contributed by atoms with Gasteiger partial charge in [0.1, 0.15) is 17.3 Å². The highest BCUT2D eigenvalue weighted by Gasteiger charge is 2.18. The zero-order valence-corrected chi connectivity index (χ0v) is 14.2. The summed E-state index contributed by atoms with van der Waals surface area (Å²) in [6.07, 6.45) is 0. The number of hydrogen-bond donors (Lipinski definition) is 2. The van der Waals surface area contributed by atoms with Crippen LogP contribution in [0.15, 0.2) is 63.5 Å². The van der Waals surface area contributed by atoms with E-state index in [0.29, 0.717) is 13.7 Å². The smallest absolute Gasteiger partial charge is 0.338 e. The number of hydrogen-bond acceptors (Lipinski definition) is 7. The summed E-state index contributed by atoms with van der Waals surface area (Å²) in [5.41, 5.74) is -3.16. The molecule has 0 spiro atoms. The van der Waals surface area contributed by atoms with Gasteiger partial charge >= 0.3 is 23.0 Å². The minimum atomic E-state index is -1.08. The summed E-state index contributed by atoms with van der Waals surface area (Å²) in [6, 6.07) is 0. The summed E-state index contributed by atoms with van der Waals surface area (Å²) < 4.78 is 6.45. The first kappa shape index (κ1) is 20.5. The predicted molar refractivity (Wildman–Crippen MR) is 92.8 cm³/mol. The van der Waals surface area contributed by atoms with Crippen molar-refractivity contribution in [3.63, 3.8) is 0 Å². The Bertz CT molecular complexity index is 921. The molecule has 0 aliphatic heterocycles. The standard InChI is InChI=1S/C16H19N3O7/c1-9(2)13(22)26-12(5)8-19-15(24)17(6-10(3)20)14(23)18(16(19)25)7-11(4)21/h20-21H,1,3-8H2,2H3. The number of carbonyl (C=O) groups is 1. The van der Waals surface area contributed by atoms with E-state index in [0.717, 1.165) is 0 Å². The monoisotopic (exact) mass is 365 g/mol. The van der Waals surface area contributed by atoms with Crippen molar-refractivity contribution in [2.24, 2.45) is 0 Å². The second-order valence-corrected chi connectivity index (χ2v) is 5.45. The number of aromatic nitrogens is 3. The quantitative estimate of drug-likeness (QED) is 0.375. The lowest BCUT2D eigenvalue weighted by molar-refractivity contribution is -0.135. The normalized spacial score (nSPS) is 10.2. The van der Waals surface area contributed by atoms with E-state index in [1.165, 1.54) is 6.92 Å². The Morgan fingerprint density at radius 1 is 0.846 bits per heavy atom. The molecule has 0 saturated carbocycles. The van der Waals surface area contributed by atoms with Crippen LogP contribution >= 0.6 is 0 Å². The molecule has 1 heterocycles. The van der Waals surface area contributed by atoms with Crippen molar-refractivity contribution in [2.75, 3.05) is 0 Å². The predicted octanol–water partition coefficient (Wildman–Crippen LogP) is -0.0519. The molecular weight excluding hydrogens is 346 g/mol. The third-order valence-electron chi connectivity index (χ3n) is 2.99. The van der Waals surface area contributed by atoms with E-state index in [-0.39, 0.29) is 11.3 Å². The van der Waals surface area contributed by atoms with Gasteiger partial charge in [-0.25, -0.2) is 32.9 Å². The van der Waals surface area contributed by atoms with Gasteiger partial charge in [0.05, 0.1) is 19.6 Å². The number of nitrogens with zero attached hydrogens (tertiary/aromatic N) is 3. The lowest BCUT2D eigenvalue weighted by Gasteiger charge is -2.14. The molecule has 10 heteroatoms. The number of aliphatic hydroxyl groups is 2. The highest BCUT2D eigenvalue weighted by molar-refractivity contribution is 5.87. The molecule has 10 nitrogen and oxygen atoms in total. The Balaban J connectivity index is 3.51. The fraction of sp³-hybridized carbons (Fsp3) is 0.250.